The van der Waals surface area contributed by atoms with Crippen molar-refractivity contribution in [3.05, 3.63) is 35.0 Å². The highest BCUT2D eigenvalue weighted by molar-refractivity contribution is 14.0. The minimum absolute atomic E-state index is 0. The average molecular weight is 558 g/mol. The number of rotatable bonds is 5. The molecule has 1 aromatic heterocycles. The summed E-state index contributed by atoms with van der Waals surface area (Å²) in [4.78, 5) is 22.5. The second-order valence-electron chi connectivity index (χ2n) is 8.50. The fourth-order valence-corrected chi connectivity index (χ4v) is 4.92. The van der Waals surface area contributed by atoms with Crippen LogP contribution in [0.15, 0.2) is 29.4 Å². The number of likely N-dealkylation sites (tertiary alicyclic amines) is 1. The fraction of sp³-hybridized carbons (Fsp3) is 0.565. The number of hydrogen-bond acceptors (Lipinski definition) is 2. The van der Waals surface area contributed by atoms with Crippen LogP contribution in [0.3, 0.4) is 0 Å². The van der Waals surface area contributed by atoms with Gasteiger partial charge in [-0.3, -0.25) is 9.79 Å². The van der Waals surface area contributed by atoms with Crippen molar-refractivity contribution in [1.82, 2.24) is 20.5 Å². The highest BCUT2D eigenvalue weighted by atomic mass is 127. The number of H-pyrrole nitrogens is 1. The third-order valence-electron chi connectivity index (χ3n) is 6.44. The zero-order valence-corrected chi connectivity index (χ0v) is 21.2. The van der Waals surface area contributed by atoms with E-state index >= 15 is 0 Å². The van der Waals surface area contributed by atoms with E-state index in [-0.39, 0.29) is 35.9 Å². The topological polar surface area (TPSA) is 72.5 Å². The smallest absolute Gasteiger partial charge is 0.225 e. The number of hydrogen-bond donors (Lipinski definition) is 3. The van der Waals surface area contributed by atoms with E-state index in [0.717, 1.165) is 61.8 Å². The first-order valence-electron chi connectivity index (χ1n) is 11.2. The van der Waals surface area contributed by atoms with Crippen molar-refractivity contribution in [2.45, 2.75) is 51.0 Å². The second-order valence-corrected chi connectivity index (χ2v) is 8.94. The summed E-state index contributed by atoms with van der Waals surface area (Å²) in [7, 11) is 1.79. The fourth-order valence-electron chi connectivity index (χ4n) is 4.75. The van der Waals surface area contributed by atoms with Crippen LogP contribution in [0.1, 0.15) is 44.1 Å². The Bertz CT molecular complexity index is 909. The molecule has 0 radical (unpaired) electrons. The highest BCUT2D eigenvalue weighted by Crippen LogP contribution is 2.27. The van der Waals surface area contributed by atoms with Gasteiger partial charge >= 0.3 is 0 Å². The zero-order valence-electron chi connectivity index (χ0n) is 18.1. The van der Waals surface area contributed by atoms with Crippen molar-refractivity contribution in [3.63, 3.8) is 0 Å². The number of fused-ring (bicyclic) bond motifs is 1. The molecule has 1 aliphatic carbocycles. The minimum atomic E-state index is 0. The lowest BCUT2D eigenvalue weighted by Gasteiger charge is -2.26. The Labute approximate surface area is 206 Å². The number of carbonyl (C=O) groups excluding carboxylic acids is 1. The quantitative estimate of drug-likeness (QED) is 0.291. The van der Waals surface area contributed by atoms with E-state index in [0.29, 0.717) is 5.91 Å². The molecule has 2 heterocycles. The maximum atomic E-state index is 12.8. The van der Waals surface area contributed by atoms with Gasteiger partial charge in [0, 0.05) is 60.8 Å². The van der Waals surface area contributed by atoms with E-state index in [4.69, 9.17) is 11.6 Å². The van der Waals surface area contributed by atoms with Gasteiger partial charge < -0.3 is 20.5 Å². The van der Waals surface area contributed by atoms with Crippen LogP contribution in [0.2, 0.25) is 5.02 Å². The molecule has 170 valence electrons. The Balaban J connectivity index is 0.00000272. The van der Waals surface area contributed by atoms with E-state index < -0.39 is 0 Å². The molecule has 1 atom stereocenters. The van der Waals surface area contributed by atoms with Gasteiger partial charge in [0.2, 0.25) is 5.91 Å². The maximum Gasteiger partial charge on any atom is 0.225 e. The molecule has 6 nitrogen and oxygen atoms in total. The third kappa shape index (κ3) is 6.06. The molecule has 2 aliphatic rings. The van der Waals surface area contributed by atoms with Crippen LogP contribution in [0, 0.1) is 5.92 Å². The Kier molecular flexibility index (Phi) is 8.89. The highest BCUT2D eigenvalue weighted by Gasteiger charge is 2.31. The number of amides is 1. The van der Waals surface area contributed by atoms with Crippen LogP contribution in [0.25, 0.3) is 10.9 Å². The molecule has 4 rings (SSSR count). The molecule has 2 fully saturated rings. The van der Waals surface area contributed by atoms with Gasteiger partial charge in [-0.05, 0) is 49.4 Å². The molecule has 1 saturated heterocycles. The number of carbonyl (C=O) groups is 1. The Hall–Kier alpha value is -1.48. The number of guanidine groups is 1. The van der Waals surface area contributed by atoms with Crippen molar-refractivity contribution in [3.8, 4) is 0 Å². The van der Waals surface area contributed by atoms with Crippen LogP contribution in [0.4, 0.5) is 0 Å². The lowest BCUT2D eigenvalue weighted by molar-refractivity contribution is -0.135. The van der Waals surface area contributed by atoms with E-state index in [9.17, 15) is 4.79 Å². The average Bonchev–Trinajstić information content (AvgIpc) is 3.40. The van der Waals surface area contributed by atoms with Crippen LogP contribution >= 0.6 is 35.6 Å². The van der Waals surface area contributed by atoms with Crippen molar-refractivity contribution in [1.29, 1.82) is 0 Å². The number of benzene rings is 1. The number of halogens is 2. The number of nitrogens with zero attached hydrogens (tertiary/aromatic N) is 2. The van der Waals surface area contributed by atoms with E-state index in [1.807, 2.05) is 24.4 Å². The molecule has 0 spiro atoms. The van der Waals surface area contributed by atoms with Crippen molar-refractivity contribution >= 4 is 58.3 Å². The van der Waals surface area contributed by atoms with Gasteiger partial charge in [0.15, 0.2) is 5.96 Å². The van der Waals surface area contributed by atoms with Gasteiger partial charge in [-0.1, -0.05) is 30.9 Å². The summed E-state index contributed by atoms with van der Waals surface area (Å²) in [5.74, 6) is 1.41. The summed E-state index contributed by atoms with van der Waals surface area (Å²) in [6.45, 7) is 2.40. The Morgan fingerprint density at radius 2 is 2.06 bits per heavy atom. The molecule has 2 aromatic rings. The SMILES string of the molecule is CN=C(NCCc1c[nH]c2ccc(Cl)cc12)NC1CCN(C(=O)C2CCCCC2)C1.I. The summed E-state index contributed by atoms with van der Waals surface area (Å²) in [6.07, 6.45) is 9.70. The molecule has 1 saturated carbocycles. The van der Waals surface area contributed by atoms with Crippen LogP contribution in [-0.2, 0) is 11.2 Å². The van der Waals surface area contributed by atoms with Gasteiger partial charge in [-0.25, -0.2) is 0 Å². The van der Waals surface area contributed by atoms with Crippen LogP contribution < -0.4 is 10.6 Å². The molecule has 31 heavy (non-hydrogen) atoms. The number of nitrogens with one attached hydrogen (secondary N) is 3. The van der Waals surface area contributed by atoms with Crippen LogP contribution in [-0.4, -0.2) is 54.5 Å². The first-order valence-corrected chi connectivity index (χ1v) is 11.5. The largest absolute Gasteiger partial charge is 0.361 e. The first-order chi connectivity index (χ1) is 14.6. The lowest BCUT2D eigenvalue weighted by Crippen LogP contribution is -2.46. The van der Waals surface area contributed by atoms with Gasteiger partial charge in [0.25, 0.3) is 0 Å². The Morgan fingerprint density at radius 1 is 1.26 bits per heavy atom. The van der Waals surface area contributed by atoms with E-state index in [2.05, 4.69) is 25.5 Å². The summed E-state index contributed by atoms with van der Waals surface area (Å²) >= 11 is 6.15. The van der Waals surface area contributed by atoms with Crippen LogP contribution in [0.5, 0.6) is 0 Å². The molecule has 1 unspecified atom stereocenters. The lowest BCUT2D eigenvalue weighted by atomic mass is 9.88. The predicted octanol–water partition coefficient (Wildman–Crippen LogP) is 4.33. The number of aliphatic imine (C=N–C) groups is 1. The minimum Gasteiger partial charge on any atom is -0.361 e. The molecular formula is C23H33ClIN5O. The summed E-state index contributed by atoms with van der Waals surface area (Å²) < 4.78 is 0. The molecular weight excluding hydrogens is 525 g/mol. The van der Waals surface area contributed by atoms with Gasteiger partial charge in [0.05, 0.1) is 0 Å². The van der Waals surface area contributed by atoms with Crippen molar-refractivity contribution in [2.75, 3.05) is 26.7 Å². The van der Waals surface area contributed by atoms with Crippen molar-refractivity contribution in [2.24, 2.45) is 10.9 Å². The van der Waals surface area contributed by atoms with E-state index in [1.165, 1.54) is 30.2 Å². The maximum absolute atomic E-state index is 12.8. The zero-order chi connectivity index (χ0) is 20.9. The molecule has 1 aromatic carbocycles. The molecule has 1 aliphatic heterocycles. The molecule has 8 heteroatoms. The normalized spacial score (nSPS) is 20.0. The molecule has 3 N–H and O–H groups in total. The summed E-state index contributed by atoms with van der Waals surface area (Å²) in [5, 5.41) is 8.82. The van der Waals surface area contributed by atoms with E-state index in [1.54, 1.807) is 7.05 Å². The molecule has 1 amide bonds. The van der Waals surface area contributed by atoms with Crippen molar-refractivity contribution < 1.29 is 4.79 Å². The molecule has 0 bridgehead atoms. The summed E-state index contributed by atoms with van der Waals surface area (Å²) in [6, 6.07) is 6.18. The van der Waals surface area contributed by atoms with Gasteiger partial charge in [-0.15, -0.1) is 24.0 Å². The standard InChI is InChI=1S/C23H32ClN5O.HI/c1-25-23(26-11-9-17-14-27-21-8-7-18(24)13-20(17)21)28-19-10-12-29(15-19)22(30)16-5-3-2-4-6-16;/h7-8,13-14,16,19,27H,2-6,9-12,15H2,1H3,(H2,25,26,28);1H. The summed E-state index contributed by atoms with van der Waals surface area (Å²) in [5.41, 5.74) is 2.34. The van der Waals surface area contributed by atoms with Gasteiger partial charge in [-0.2, -0.15) is 0 Å². The monoisotopic (exact) mass is 557 g/mol. The predicted molar refractivity (Wildman–Crippen MR) is 138 cm³/mol. The first kappa shape index (κ1) is 24.2. The number of aromatic amines is 1. The number of aromatic nitrogens is 1. The Morgan fingerprint density at radius 3 is 2.84 bits per heavy atom. The van der Waals surface area contributed by atoms with Gasteiger partial charge in [0.1, 0.15) is 0 Å². The third-order valence-corrected chi connectivity index (χ3v) is 6.67. The second kappa shape index (κ2) is 11.4.